The van der Waals surface area contributed by atoms with Crippen LogP contribution in [0.3, 0.4) is 0 Å². The molecule has 1 saturated heterocycles. The molecule has 1 aliphatic rings. The molecule has 90 valence electrons. The second kappa shape index (κ2) is 4.69. The van der Waals surface area contributed by atoms with Crippen LogP contribution in [0, 0.1) is 6.92 Å². The molecular formula is C11H18N2O2S. The van der Waals surface area contributed by atoms with Crippen LogP contribution in [-0.2, 0) is 15.1 Å². The van der Waals surface area contributed by atoms with E-state index in [9.17, 15) is 0 Å². The van der Waals surface area contributed by atoms with E-state index in [0.717, 1.165) is 35.9 Å². The smallest absolute Gasteiger partial charge is 0.137 e. The topological polar surface area (TPSA) is 57.4 Å². The summed E-state index contributed by atoms with van der Waals surface area (Å²) in [7, 11) is 0. The van der Waals surface area contributed by atoms with Crippen LogP contribution in [0.2, 0.25) is 0 Å². The summed E-state index contributed by atoms with van der Waals surface area (Å²) in [5, 5.41) is 1.01. The Labute approximate surface area is 99.8 Å². The molecule has 16 heavy (non-hydrogen) atoms. The minimum absolute atomic E-state index is 0.264. The lowest BCUT2D eigenvalue weighted by molar-refractivity contribution is -0.112. The van der Waals surface area contributed by atoms with Gasteiger partial charge in [-0.3, -0.25) is 0 Å². The summed E-state index contributed by atoms with van der Waals surface area (Å²) in [6, 6.07) is 0. The second-order valence-electron chi connectivity index (χ2n) is 4.00. The van der Waals surface area contributed by atoms with Crippen LogP contribution in [0.4, 0.5) is 5.82 Å². The summed E-state index contributed by atoms with van der Waals surface area (Å²) in [5.41, 5.74) is 5.55. The third kappa shape index (κ3) is 2.07. The van der Waals surface area contributed by atoms with Crippen molar-refractivity contribution in [3.05, 3.63) is 9.88 Å². The van der Waals surface area contributed by atoms with Crippen molar-refractivity contribution in [2.24, 2.45) is 0 Å². The van der Waals surface area contributed by atoms with Crippen molar-refractivity contribution < 1.29 is 9.47 Å². The molecule has 4 nitrogen and oxygen atoms in total. The van der Waals surface area contributed by atoms with Crippen LogP contribution in [-0.4, -0.2) is 24.8 Å². The van der Waals surface area contributed by atoms with E-state index >= 15 is 0 Å². The van der Waals surface area contributed by atoms with Gasteiger partial charge in [-0.15, -0.1) is 11.3 Å². The van der Waals surface area contributed by atoms with Gasteiger partial charge in [-0.25, -0.2) is 4.98 Å². The normalized spacial score (nSPS) is 19.9. The van der Waals surface area contributed by atoms with E-state index in [4.69, 9.17) is 15.2 Å². The van der Waals surface area contributed by atoms with Gasteiger partial charge in [0.25, 0.3) is 0 Å². The van der Waals surface area contributed by atoms with Crippen LogP contribution < -0.4 is 5.73 Å². The lowest BCUT2D eigenvalue weighted by atomic mass is 9.95. The SMILES string of the molecule is CCOC1(c2nc(N)c(C)s2)CCOCC1. The molecule has 0 radical (unpaired) electrons. The van der Waals surface area contributed by atoms with E-state index in [-0.39, 0.29) is 5.60 Å². The van der Waals surface area contributed by atoms with Crippen LogP contribution in [0.25, 0.3) is 0 Å². The average molecular weight is 242 g/mol. The predicted molar refractivity (Wildman–Crippen MR) is 64.6 cm³/mol. The molecular weight excluding hydrogens is 224 g/mol. The molecule has 2 N–H and O–H groups in total. The molecule has 0 spiro atoms. The number of anilines is 1. The number of nitrogen functional groups attached to an aromatic ring is 1. The van der Waals surface area contributed by atoms with Crippen molar-refractivity contribution in [1.29, 1.82) is 0 Å². The van der Waals surface area contributed by atoms with Gasteiger partial charge in [0.1, 0.15) is 16.4 Å². The Hall–Kier alpha value is -0.650. The third-order valence-corrected chi connectivity index (χ3v) is 4.12. The first kappa shape index (κ1) is 11.8. The molecule has 1 aromatic heterocycles. The van der Waals surface area contributed by atoms with E-state index in [2.05, 4.69) is 4.98 Å². The zero-order chi connectivity index (χ0) is 11.6. The Balaban J connectivity index is 2.30. The molecule has 0 bridgehead atoms. The van der Waals surface area contributed by atoms with Gasteiger partial charge in [-0.2, -0.15) is 0 Å². The fourth-order valence-electron chi connectivity index (χ4n) is 2.00. The molecule has 5 heteroatoms. The van der Waals surface area contributed by atoms with E-state index in [1.165, 1.54) is 0 Å². The lowest BCUT2D eigenvalue weighted by Gasteiger charge is -2.35. The van der Waals surface area contributed by atoms with Crippen LogP contribution in [0.5, 0.6) is 0 Å². The summed E-state index contributed by atoms with van der Waals surface area (Å²) in [6.45, 7) is 6.17. The van der Waals surface area contributed by atoms with Crippen LogP contribution in [0.15, 0.2) is 0 Å². The van der Waals surface area contributed by atoms with Crippen molar-refractivity contribution in [3.8, 4) is 0 Å². The highest BCUT2D eigenvalue weighted by Gasteiger charge is 2.38. The molecule has 0 aromatic carbocycles. The van der Waals surface area contributed by atoms with E-state index in [0.29, 0.717) is 12.4 Å². The second-order valence-corrected chi connectivity index (χ2v) is 5.20. The molecule has 0 saturated carbocycles. The number of hydrogen-bond donors (Lipinski definition) is 1. The van der Waals surface area contributed by atoms with Crippen molar-refractivity contribution in [2.45, 2.75) is 32.3 Å². The van der Waals surface area contributed by atoms with E-state index < -0.39 is 0 Å². The predicted octanol–water partition coefficient (Wildman–Crippen LogP) is 2.08. The van der Waals surface area contributed by atoms with Crippen molar-refractivity contribution in [2.75, 3.05) is 25.6 Å². The van der Waals surface area contributed by atoms with Gasteiger partial charge in [-0.05, 0) is 13.8 Å². The maximum atomic E-state index is 5.94. The number of aromatic nitrogens is 1. The summed E-state index contributed by atoms with van der Waals surface area (Å²) >= 11 is 1.64. The summed E-state index contributed by atoms with van der Waals surface area (Å²) in [4.78, 5) is 5.51. The lowest BCUT2D eigenvalue weighted by Crippen LogP contribution is -2.36. The maximum Gasteiger partial charge on any atom is 0.137 e. The number of nitrogens with two attached hydrogens (primary N) is 1. The zero-order valence-corrected chi connectivity index (χ0v) is 10.6. The fraction of sp³-hybridized carbons (Fsp3) is 0.727. The Kier molecular flexibility index (Phi) is 3.47. The van der Waals surface area contributed by atoms with Gasteiger partial charge < -0.3 is 15.2 Å². The van der Waals surface area contributed by atoms with Crippen molar-refractivity contribution >= 4 is 17.2 Å². The summed E-state index contributed by atoms with van der Waals surface area (Å²) in [5.74, 6) is 0.630. The first-order valence-corrected chi connectivity index (χ1v) is 6.44. The van der Waals surface area contributed by atoms with Crippen molar-refractivity contribution in [3.63, 3.8) is 0 Å². The highest BCUT2D eigenvalue weighted by atomic mass is 32.1. The van der Waals surface area contributed by atoms with Crippen molar-refractivity contribution in [1.82, 2.24) is 4.98 Å². The monoisotopic (exact) mass is 242 g/mol. The number of rotatable bonds is 3. The Morgan fingerprint density at radius 1 is 1.50 bits per heavy atom. The Morgan fingerprint density at radius 2 is 2.19 bits per heavy atom. The first-order valence-electron chi connectivity index (χ1n) is 5.63. The average Bonchev–Trinajstić information content (AvgIpc) is 2.62. The Morgan fingerprint density at radius 3 is 2.69 bits per heavy atom. The zero-order valence-electron chi connectivity index (χ0n) is 9.78. The standard InChI is InChI=1S/C11H18N2O2S/c1-3-15-11(4-6-14-7-5-11)10-13-9(12)8(2)16-10/h3-7,12H2,1-2H3. The van der Waals surface area contributed by atoms with E-state index in [1.807, 2.05) is 13.8 Å². The molecule has 0 aliphatic carbocycles. The quantitative estimate of drug-likeness (QED) is 0.881. The molecule has 0 atom stereocenters. The minimum Gasteiger partial charge on any atom is -0.383 e. The molecule has 1 aromatic rings. The number of ether oxygens (including phenoxy) is 2. The molecule has 0 unspecified atom stereocenters. The molecule has 0 amide bonds. The fourth-order valence-corrected chi connectivity index (χ4v) is 3.03. The molecule has 1 aliphatic heterocycles. The van der Waals surface area contributed by atoms with Gasteiger partial charge in [0.15, 0.2) is 0 Å². The number of nitrogens with zero attached hydrogens (tertiary/aromatic N) is 1. The van der Waals surface area contributed by atoms with Gasteiger partial charge in [0, 0.05) is 37.5 Å². The summed E-state index contributed by atoms with van der Waals surface area (Å²) < 4.78 is 11.3. The third-order valence-electron chi connectivity index (χ3n) is 2.94. The number of hydrogen-bond acceptors (Lipinski definition) is 5. The maximum absolute atomic E-state index is 5.94. The highest BCUT2D eigenvalue weighted by molar-refractivity contribution is 7.12. The highest BCUT2D eigenvalue weighted by Crippen LogP contribution is 2.39. The minimum atomic E-state index is -0.264. The number of thiazole rings is 1. The van der Waals surface area contributed by atoms with Crippen LogP contribution >= 0.6 is 11.3 Å². The summed E-state index contributed by atoms with van der Waals surface area (Å²) in [6.07, 6.45) is 1.74. The molecule has 1 fully saturated rings. The molecule has 2 rings (SSSR count). The van der Waals surface area contributed by atoms with Crippen LogP contribution in [0.1, 0.15) is 29.7 Å². The van der Waals surface area contributed by atoms with E-state index in [1.54, 1.807) is 11.3 Å². The van der Waals surface area contributed by atoms with Gasteiger partial charge in [0.05, 0.1) is 0 Å². The largest absolute Gasteiger partial charge is 0.383 e. The van der Waals surface area contributed by atoms with Gasteiger partial charge in [0.2, 0.25) is 0 Å². The van der Waals surface area contributed by atoms with Gasteiger partial charge in [-0.1, -0.05) is 0 Å². The molecule has 2 heterocycles. The number of aryl methyl sites for hydroxylation is 1. The Bertz CT molecular complexity index is 334. The first-order chi connectivity index (χ1) is 7.68. The van der Waals surface area contributed by atoms with Gasteiger partial charge >= 0.3 is 0 Å².